The monoisotopic (exact) mass is 465 g/mol. The van der Waals surface area contributed by atoms with Crippen LogP contribution in [0.5, 0.6) is 11.5 Å². The second-order valence-corrected chi connectivity index (χ2v) is 9.04. The average molecular weight is 466 g/mol. The van der Waals surface area contributed by atoms with Crippen molar-refractivity contribution in [2.45, 2.75) is 49.2 Å². The fraction of sp³-hybridized carbons (Fsp3) is 0.455. The Morgan fingerprint density at radius 1 is 0.969 bits per heavy atom. The van der Waals surface area contributed by atoms with Crippen LogP contribution in [0.2, 0.25) is 0 Å². The first kappa shape index (κ1) is 24.0. The molecule has 3 rings (SSSR count). The van der Waals surface area contributed by atoms with E-state index in [9.17, 15) is 18.5 Å². The molecule has 0 spiro atoms. The lowest BCUT2D eigenvalue weighted by Gasteiger charge is -2.30. The first-order valence-electron chi connectivity index (χ1n) is 10.3. The molecule has 0 saturated heterocycles. The Bertz CT molecular complexity index is 1020. The lowest BCUT2D eigenvalue weighted by molar-refractivity contribution is -0.384. The van der Waals surface area contributed by atoms with Gasteiger partial charge < -0.3 is 14.2 Å². The summed E-state index contributed by atoms with van der Waals surface area (Å²) in [4.78, 5) is 10.1. The van der Waals surface area contributed by atoms with Gasteiger partial charge in [0.05, 0.1) is 36.7 Å². The molecule has 2 aromatic carbocycles. The van der Waals surface area contributed by atoms with E-state index in [1.807, 2.05) is 18.2 Å². The second-order valence-electron chi connectivity index (χ2n) is 7.47. The standard InChI is InChI=1S/C22H27NO8S/c1-28-19-12-7-16(15-22(19)29-2)13-14-30-20-5-3-4-6-21(20)31-32(26,27)18-10-8-17(9-11-18)23(24)25/h7-12,15,20-21H,3-6,13-14H2,1-2H3/t20-,21+/m0/s1. The fourth-order valence-corrected chi connectivity index (χ4v) is 4.81. The molecular weight excluding hydrogens is 438 g/mol. The van der Waals surface area contributed by atoms with Gasteiger partial charge in [-0.05, 0) is 49.1 Å². The molecule has 1 aliphatic carbocycles. The summed E-state index contributed by atoms with van der Waals surface area (Å²) in [6.07, 6.45) is 2.71. The van der Waals surface area contributed by atoms with Gasteiger partial charge in [0.1, 0.15) is 6.10 Å². The zero-order valence-corrected chi connectivity index (χ0v) is 18.9. The van der Waals surface area contributed by atoms with E-state index in [-0.39, 0.29) is 16.7 Å². The van der Waals surface area contributed by atoms with Gasteiger partial charge in [0, 0.05) is 12.1 Å². The summed E-state index contributed by atoms with van der Waals surface area (Å²) in [5.74, 6) is 1.28. The van der Waals surface area contributed by atoms with Crippen LogP contribution in [0.4, 0.5) is 5.69 Å². The Morgan fingerprint density at radius 2 is 1.62 bits per heavy atom. The molecule has 0 heterocycles. The van der Waals surface area contributed by atoms with E-state index in [4.69, 9.17) is 18.4 Å². The minimum atomic E-state index is -4.06. The number of nitro benzene ring substituents is 1. The number of hydrogen-bond acceptors (Lipinski definition) is 8. The van der Waals surface area contributed by atoms with Crippen LogP contribution < -0.4 is 9.47 Å². The molecule has 1 saturated carbocycles. The van der Waals surface area contributed by atoms with Gasteiger partial charge >= 0.3 is 0 Å². The van der Waals surface area contributed by atoms with Gasteiger partial charge in [-0.25, -0.2) is 0 Å². The van der Waals surface area contributed by atoms with Crippen LogP contribution in [-0.2, 0) is 25.5 Å². The predicted molar refractivity (Wildman–Crippen MR) is 117 cm³/mol. The molecule has 1 fully saturated rings. The zero-order valence-electron chi connectivity index (χ0n) is 18.1. The largest absolute Gasteiger partial charge is 0.493 e. The number of non-ortho nitro benzene ring substituents is 1. The maximum Gasteiger partial charge on any atom is 0.297 e. The van der Waals surface area contributed by atoms with Crippen LogP contribution in [0.15, 0.2) is 47.4 Å². The fourth-order valence-electron chi connectivity index (χ4n) is 3.68. The Hall–Kier alpha value is -2.69. The van der Waals surface area contributed by atoms with Gasteiger partial charge in [-0.1, -0.05) is 18.9 Å². The van der Waals surface area contributed by atoms with Crippen molar-refractivity contribution in [2.24, 2.45) is 0 Å². The van der Waals surface area contributed by atoms with Crippen LogP contribution >= 0.6 is 0 Å². The first-order chi connectivity index (χ1) is 15.3. The number of ether oxygens (including phenoxy) is 3. The average Bonchev–Trinajstić information content (AvgIpc) is 2.80. The summed E-state index contributed by atoms with van der Waals surface area (Å²) in [5.41, 5.74) is 0.826. The number of hydrogen-bond donors (Lipinski definition) is 0. The van der Waals surface area contributed by atoms with Crippen LogP contribution in [0.25, 0.3) is 0 Å². The quantitative estimate of drug-likeness (QED) is 0.295. The summed E-state index contributed by atoms with van der Waals surface area (Å²) in [5, 5.41) is 10.8. The van der Waals surface area contributed by atoms with Gasteiger partial charge in [0.2, 0.25) is 0 Å². The van der Waals surface area contributed by atoms with Crippen molar-refractivity contribution in [2.75, 3.05) is 20.8 Å². The topological polar surface area (TPSA) is 114 Å². The maximum absolute atomic E-state index is 12.7. The molecule has 0 aromatic heterocycles. The zero-order chi connectivity index (χ0) is 23.1. The highest BCUT2D eigenvalue weighted by molar-refractivity contribution is 7.86. The molecule has 0 amide bonds. The maximum atomic E-state index is 12.7. The molecule has 10 heteroatoms. The van der Waals surface area contributed by atoms with Crippen molar-refractivity contribution in [3.05, 3.63) is 58.1 Å². The summed E-state index contributed by atoms with van der Waals surface area (Å²) in [6.45, 7) is 0.400. The number of rotatable bonds is 10. The molecular formula is C22H27NO8S. The molecule has 1 aliphatic rings. The first-order valence-corrected chi connectivity index (χ1v) is 11.7. The lowest BCUT2D eigenvalue weighted by Crippen LogP contribution is -2.36. The van der Waals surface area contributed by atoms with E-state index in [1.54, 1.807) is 14.2 Å². The SMILES string of the molecule is COc1ccc(CCO[C@H]2CCCC[C@H]2OS(=O)(=O)c2ccc([N+](=O)[O-])cc2)cc1OC. The van der Waals surface area contributed by atoms with Crippen molar-refractivity contribution in [3.63, 3.8) is 0 Å². The second kappa shape index (κ2) is 10.8. The van der Waals surface area contributed by atoms with E-state index in [2.05, 4.69) is 0 Å². The molecule has 0 unspecified atom stereocenters. The van der Waals surface area contributed by atoms with Gasteiger partial charge in [0.25, 0.3) is 15.8 Å². The lowest BCUT2D eigenvalue weighted by atomic mass is 9.95. The minimum absolute atomic E-state index is 0.113. The molecule has 0 N–H and O–H groups in total. The highest BCUT2D eigenvalue weighted by atomic mass is 32.2. The highest BCUT2D eigenvalue weighted by Gasteiger charge is 2.32. The van der Waals surface area contributed by atoms with Gasteiger partial charge in [-0.15, -0.1) is 0 Å². The third-order valence-electron chi connectivity index (χ3n) is 5.40. The van der Waals surface area contributed by atoms with Crippen molar-refractivity contribution in [1.82, 2.24) is 0 Å². The molecule has 0 radical (unpaired) electrons. The highest BCUT2D eigenvalue weighted by Crippen LogP contribution is 2.30. The van der Waals surface area contributed by atoms with Gasteiger partial charge in [-0.2, -0.15) is 8.42 Å². The van der Waals surface area contributed by atoms with Gasteiger partial charge in [-0.3, -0.25) is 14.3 Å². The summed E-state index contributed by atoms with van der Waals surface area (Å²) in [7, 11) is -0.907. The molecule has 9 nitrogen and oxygen atoms in total. The van der Waals surface area contributed by atoms with E-state index in [0.717, 1.165) is 30.5 Å². The smallest absolute Gasteiger partial charge is 0.297 e. The molecule has 0 aliphatic heterocycles. The van der Waals surface area contributed by atoms with Crippen LogP contribution in [0, 0.1) is 10.1 Å². The van der Waals surface area contributed by atoms with Crippen LogP contribution in [0.1, 0.15) is 31.2 Å². The van der Waals surface area contributed by atoms with Crippen molar-refractivity contribution >= 4 is 15.8 Å². The number of benzene rings is 2. The summed E-state index contributed by atoms with van der Waals surface area (Å²) in [6, 6.07) is 10.3. The van der Waals surface area contributed by atoms with E-state index in [0.29, 0.717) is 37.4 Å². The van der Waals surface area contributed by atoms with Crippen molar-refractivity contribution < 1.29 is 31.7 Å². The number of nitrogens with zero attached hydrogens (tertiary/aromatic N) is 1. The van der Waals surface area contributed by atoms with Crippen LogP contribution in [0.3, 0.4) is 0 Å². The molecule has 0 bridgehead atoms. The van der Waals surface area contributed by atoms with Crippen molar-refractivity contribution in [3.8, 4) is 11.5 Å². The van der Waals surface area contributed by atoms with Crippen LogP contribution in [-0.4, -0.2) is 46.4 Å². The van der Waals surface area contributed by atoms with Gasteiger partial charge in [0.15, 0.2) is 11.5 Å². The summed E-state index contributed by atoms with van der Waals surface area (Å²) >= 11 is 0. The number of nitro groups is 1. The normalized spacial score (nSPS) is 18.8. The Labute approximate surface area is 187 Å². The molecule has 32 heavy (non-hydrogen) atoms. The molecule has 2 aromatic rings. The third-order valence-corrected chi connectivity index (χ3v) is 6.75. The minimum Gasteiger partial charge on any atom is -0.493 e. The van der Waals surface area contributed by atoms with E-state index >= 15 is 0 Å². The predicted octanol–water partition coefficient (Wildman–Crippen LogP) is 3.89. The third kappa shape index (κ3) is 5.96. The van der Waals surface area contributed by atoms with E-state index in [1.165, 1.54) is 12.1 Å². The van der Waals surface area contributed by atoms with Crippen molar-refractivity contribution in [1.29, 1.82) is 0 Å². The Kier molecular flexibility index (Phi) is 8.05. The Morgan fingerprint density at radius 3 is 2.25 bits per heavy atom. The molecule has 174 valence electrons. The Balaban J connectivity index is 1.61. The summed E-state index contributed by atoms with van der Waals surface area (Å²) < 4.78 is 47.4. The number of methoxy groups -OCH3 is 2. The van der Waals surface area contributed by atoms with E-state index < -0.39 is 21.1 Å². The molecule has 2 atom stereocenters.